The number of nitrogens with zero attached hydrogens (tertiary/aromatic N) is 4. The number of urea groups is 1. The van der Waals surface area contributed by atoms with Crippen molar-refractivity contribution in [2.24, 2.45) is 5.73 Å². The van der Waals surface area contributed by atoms with Crippen molar-refractivity contribution in [2.75, 3.05) is 24.5 Å². The van der Waals surface area contributed by atoms with Crippen LogP contribution in [0.25, 0.3) is 0 Å². The van der Waals surface area contributed by atoms with Crippen LogP contribution in [0, 0.1) is 0 Å². The van der Waals surface area contributed by atoms with Gasteiger partial charge >= 0.3 is 6.03 Å². The zero-order chi connectivity index (χ0) is 18.9. The first-order valence-electron chi connectivity index (χ1n) is 9.42. The summed E-state index contributed by atoms with van der Waals surface area (Å²) in [4.78, 5) is 24.7. The molecule has 1 aromatic carbocycles. The molecule has 1 saturated carbocycles. The zero-order valence-corrected chi connectivity index (χ0v) is 16.0. The summed E-state index contributed by atoms with van der Waals surface area (Å²) in [5, 5.41) is 0.748. The Labute approximate surface area is 164 Å². The predicted octanol–water partition coefficient (Wildman–Crippen LogP) is 3.21. The van der Waals surface area contributed by atoms with Crippen LogP contribution in [-0.4, -0.2) is 46.6 Å². The third-order valence-corrected chi connectivity index (χ3v) is 6.32. The number of carbonyl (C=O) groups excluding carboxylic acids is 1. The maximum atomic E-state index is 12.9. The highest BCUT2D eigenvalue weighted by atomic mass is 35.5. The topological polar surface area (TPSA) is 75.3 Å². The highest BCUT2D eigenvalue weighted by Crippen LogP contribution is 2.41. The van der Waals surface area contributed by atoms with E-state index in [-0.39, 0.29) is 17.5 Å². The van der Waals surface area contributed by atoms with Crippen LogP contribution in [-0.2, 0) is 5.41 Å². The lowest BCUT2D eigenvalue weighted by atomic mass is 9.68. The molecule has 2 aromatic rings. The maximum Gasteiger partial charge on any atom is 0.324 e. The highest BCUT2D eigenvalue weighted by Gasteiger charge is 2.41. The lowest BCUT2D eigenvalue weighted by Gasteiger charge is -2.42. The summed E-state index contributed by atoms with van der Waals surface area (Å²) < 4.78 is 0. The largest absolute Gasteiger partial charge is 0.330 e. The molecule has 2 aliphatic rings. The van der Waals surface area contributed by atoms with E-state index in [1.54, 1.807) is 17.3 Å². The molecule has 0 spiro atoms. The average Bonchev–Trinajstić information content (AvgIpc) is 3.10. The first-order chi connectivity index (χ1) is 13.1. The molecule has 1 saturated heterocycles. The van der Waals surface area contributed by atoms with Crippen molar-refractivity contribution in [2.45, 2.75) is 37.1 Å². The van der Waals surface area contributed by atoms with Crippen LogP contribution in [0.1, 0.15) is 31.2 Å². The minimum absolute atomic E-state index is 0.0445. The van der Waals surface area contributed by atoms with Gasteiger partial charge in [-0.25, -0.2) is 14.8 Å². The van der Waals surface area contributed by atoms with Crippen LogP contribution in [0.3, 0.4) is 0 Å². The minimum Gasteiger partial charge on any atom is -0.330 e. The fourth-order valence-corrected chi connectivity index (χ4v) is 4.65. The standard InChI is InChI=1S/C20H24ClN5O/c21-16-3-1-2-15(10-16)20(13-22)6-4-17(5-7-20)25-8-9-26(19(25)27)18-11-23-14-24-12-18/h1-3,10-12,14,17H,4-9,13,22H2. The molecule has 1 aromatic heterocycles. The average molecular weight is 386 g/mol. The van der Waals surface area contributed by atoms with Crippen LogP contribution in [0.5, 0.6) is 0 Å². The molecule has 2 fully saturated rings. The van der Waals surface area contributed by atoms with E-state index < -0.39 is 0 Å². The van der Waals surface area contributed by atoms with Crippen LogP contribution in [0.15, 0.2) is 43.0 Å². The second kappa shape index (κ2) is 7.44. The van der Waals surface area contributed by atoms with E-state index in [4.69, 9.17) is 17.3 Å². The van der Waals surface area contributed by atoms with Crippen molar-refractivity contribution >= 4 is 23.3 Å². The lowest BCUT2D eigenvalue weighted by molar-refractivity contribution is 0.156. The summed E-state index contributed by atoms with van der Waals surface area (Å²) in [6.45, 7) is 2.02. The van der Waals surface area contributed by atoms with Crippen molar-refractivity contribution in [1.82, 2.24) is 14.9 Å². The monoisotopic (exact) mass is 385 g/mol. The molecule has 2 heterocycles. The molecule has 2 N–H and O–H groups in total. The molecule has 6 nitrogen and oxygen atoms in total. The molecule has 0 atom stereocenters. The normalized spacial score (nSPS) is 25.9. The number of hydrogen-bond acceptors (Lipinski definition) is 4. The Morgan fingerprint density at radius 1 is 1.19 bits per heavy atom. The number of hydrogen-bond donors (Lipinski definition) is 1. The fourth-order valence-electron chi connectivity index (χ4n) is 4.46. The van der Waals surface area contributed by atoms with Gasteiger partial charge in [-0.15, -0.1) is 0 Å². The van der Waals surface area contributed by atoms with E-state index in [2.05, 4.69) is 16.0 Å². The molecular weight excluding hydrogens is 362 g/mol. The first-order valence-corrected chi connectivity index (χ1v) is 9.80. The van der Waals surface area contributed by atoms with Gasteiger partial charge in [-0.1, -0.05) is 23.7 Å². The zero-order valence-electron chi connectivity index (χ0n) is 15.2. The Morgan fingerprint density at radius 2 is 1.93 bits per heavy atom. The van der Waals surface area contributed by atoms with E-state index in [1.165, 1.54) is 11.9 Å². The molecule has 4 rings (SSSR count). The molecule has 27 heavy (non-hydrogen) atoms. The van der Waals surface area contributed by atoms with Gasteiger partial charge in [0, 0.05) is 36.1 Å². The molecule has 0 unspecified atom stereocenters. The summed E-state index contributed by atoms with van der Waals surface area (Å²) in [5.41, 5.74) is 8.13. The number of amides is 2. The van der Waals surface area contributed by atoms with Crippen molar-refractivity contribution < 1.29 is 4.79 Å². The second-order valence-electron chi connectivity index (χ2n) is 7.45. The molecule has 0 bridgehead atoms. The Kier molecular flexibility index (Phi) is 5.02. The lowest BCUT2D eigenvalue weighted by Crippen LogP contribution is -2.46. The Hall–Kier alpha value is -2.18. The number of rotatable bonds is 4. The van der Waals surface area contributed by atoms with E-state index in [9.17, 15) is 4.79 Å². The Morgan fingerprint density at radius 3 is 2.59 bits per heavy atom. The van der Waals surface area contributed by atoms with Crippen molar-refractivity contribution in [3.05, 3.63) is 53.6 Å². The third-order valence-electron chi connectivity index (χ3n) is 6.08. The SMILES string of the molecule is NCC1(c2cccc(Cl)c2)CCC(N2CCN(c3cncnc3)C2=O)CC1. The van der Waals surface area contributed by atoms with Crippen molar-refractivity contribution in [3.63, 3.8) is 0 Å². The summed E-state index contributed by atoms with van der Waals surface area (Å²) in [6.07, 6.45) is 8.69. The number of aromatic nitrogens is 2. The molecule has 7 heteroatoms. The van der Waals surface area contributed by atoms with Crippen LogP contribution >= 0.6 is 11.6 Å². The van der Waals surface area contributed by atoms with Gasteiger partial charge in [0.2, 0.25) is 0 Å². The Bertz CT molecular complexity index is 807. The van der Waals surface area contributed by atoms with Crippen LogP contribution in [0.4, 0.5) is 10.5 Å². The quantitative estimate of drug-likeness (QED) is 0.876. The molecule has 1 aliphatic carbocycles. The molecule has 0 radical (unpaired) electrons. The van der Waals surface area contributed by atoms with Crippen molar-refractivity contribution in [3.8, 4) is 0 Å². The summed E-state index contributed by atoms with van der Waals surface area (Å²) in [7, 11) is 0. The number of anilines is 1. The number of carbonyl (C=O) groups is 1. The molecule has 1 aliphatic heterocycles. The number of halogens is 1. The van der Waals surface area contributed by atoms with Crippen LogP contribution in [0.2, 0.25) is 5.02 Å². The molecule has 142 valence electrons. The Balaban J connectivity index is 1.45. The van der Waals surface area contributed by atoms with E-state index >= 15 is 0 Å². The fraction of sp³-hybridized carbons (Fsp3) is 0.450. The van der Waals surface area contributed by atoms with Gasteiger partial charge in [0.05, 0.1) is 18.1 Å². The molecular formula is C20H24ClN5O. The third kappa shape index (κ3) is 3.39. The maximum absolute atomic E-state index is 12.9. The predicted molar refractivity (Wildman–Crippen MR) is 106 cm³/mol. The van der Waals surface area contributed by atoms with Crippen LogP contribution < -0.4 is 10.6 Å². The second-order valence-corrected chi connectivity index (χ2v) is 7.89. The summed E-state index contributed by atoms with van der Waals surface area (Å²) in [5.74, 6) is 0. The van der Waals surface area contributed by atoms with Gasteiger partial charge in [0.1, 0.15) is 6.33 Å². The number of benzene rings is 1. The van der Waals surface area contributed by atoms with E-state index in [0.29, 0.717) is 13.1 Å². The van der Waals surface area contributed by atoms with Gasteiger partial charge in [-0.05, 0) is 43.4 Å². The number of nitrogens with two attached hydrogens (primary N) is 1. The smallest absolute Gasteiger partial charge is 0.324 e. The van der Waals surface area contributed by atoms with Gasteiger partial charge < -0.3 is 10.6 Å². The molecule has 2 amide bonds. The van der Waals surface area contributed by atoms with Gasteiger partial charge in [0.15, 0.2) is 0 Å². The van der Waals surface area contributed by atoms with E-state index in [0.717, 1.165) is 42.9 Å². The minimum atomic E-state index is -0.0445. The van der Waals surface area contributed by atoms with Crippen molar-refractivity contribution in [1.29, 1.82) is 0 Å². The first kappa shape index (κ1) is 18.2. The van der Waals surface area contributed by atoms with Gasteiger partial charge in [-0.3, -0.25) is 4.90 Å². The van der Waals surface area contributed by atoms with Gasteiger partial charge in [-0.2, -0.15) is 0 Å². The van der Waals surface area contributed by atoms with Gasteiger partial charge in [0.25, 0.3) is 0 Å². The highest BCUT2D eigenvalue weighted by molar-refractivity contribution is 6.30. The summed E-state index contributed by atoms with van der Waals surface area (Å²) in [6, 6.07) is 8.35. The summed E-state index contributed by atoms with van der Waals surface area (Å²) >= 11 is 6.20. The van der Waals surface area contributed by atoms with E-state index in [1.807, 2.05) is 23.1 Å².